The van der Waals surface area contributed by atoms with E-state index in [0.29, 0.717) is 69.1 Å². The number of benzene rings is 2. The van der Waals surface area contributed by atoms with Gasteiger partial charge in [0.15, 0.2) is 5.78 Å². The molecule has 2 aliphatic rings. The zero-order valence-corrected chi connectivity index (χ0v) is 23.9. The number of carbonyl (C=O) groups is 4. The molecule has 0 bridgehead atoms. The number of halogens is 6. The van der Waals surface area contributed by atoms with Crippen LogP contribution in [-0.4, -0.2) is 78.0 Å². The monoisotopic (exact) mass is 643 g/mol. The van der Waals surface area contributed by atoms with Gasteiger partial charge in [0.25, 0.3) is 0 Å². The Balaban J connectivity index is 0.000000610. The predicted molar refractivity (Wildman–Crippen MR) is 151 cm³/mol. The number of carboxylic acids is 2. The average Bonchev–Trinajstić information content (AvgIpc) is 3.09. The molecule has 15 heteroatoms. The second kappa shape index (κ2) is 15.1. The molecule has 0 atom stereocenters. The van der Waals surface area contributed by atoms with Gasteiger partial charge < -0.3 is 20.0 Å². The Bertz CT molecular complexity index is 1370. The summed E-state index contributed by atoms with van der Waals surface area (Å²) in [6.07, 6.45) is -6.84. The lowest BCUT2D eigenvalue weighted by molar-refractivity contribution is -0.143. The fraction of sp³-hybridized carbons (Fsp3) is 0.400. The minimum Gasteiger partial charge on any atom is -0.478 e. The van der Waals surface area contributed by atoms with Crippen LogP contribution >= 0.6 is 0 Å². The highest BCUT2D eigenvalue weighted by Crippen LogP contribution is 2.38. The number of amides is 1. The number of ketones is 1. The molecule has 1 saturated heterocycles. The van der Waals surface area contributed by atoms with Crippen LogP contribution in [0.5, 0.6) is 0 Å². The number of Topliss-reactive ketones (excluding diaryl/α,β-unsaturated/α-hetero) is 1. The van der Waals surface area contributed by atoms with E-state index in [9.17, 15) is 45.5 Å². The predicted octanol–water partition coefficient (Wildman–Crippen LogP) is 5.35. The fourth-order valence-corrected chi connectivity index (χ4v) is 4.91. The molecule has 0 unspecified atom stereocenters. The average molecular weight is 644 g/mol. The molecule has 1 amide bonds. The number of anilines is 2. The van der Waals surface area contributed by atoms with Crippen LogP contribution in [0.1, 0.15) is 47.2 Å². The number of para-hydroxylation sites is 1. The van der Waals surface area contributed by atoms with Crippen LogP contribution in [0.25, 0.3) is 0 Å². The summed E-state index contributed by atoms with van der Waals surface area (Å²) in [6.45, 7) is 2.76. The van der Waals surface area contributed by atoms with Crippen molar-refractivity contribution in [3.05, 3.63) is 71.3 Å². The van der Waals surface area contributed by atoms with Gasteiger partial charge in [-0.25, -0.2) is 9.59 Å². The third-order valence-corrected chi connectivity index (χ3v) is 7.15. The van der Waals surface area contributed by atoms with Gasteiger partial charge in [0.1, 0.15) is 0 Å². The van der Waals surface area contributed by atoms with Crippen molar-refractivity contribution in [3.63, 3.8) is 0 Å². The summed E-state index contributed by atoms with van der Waals surface area (Å²) in [4.78, 5) is 49.3. The molecule has 2 aliphatic heterocycles. The van der Waals surface area contributed by atoms with Crippen LogP contribution in [0.2, 0.25) is 0 Å². The van der Waals surface area contributed by atoms with E-state index in [4.69, 9.17) is 10.2 Å². The van der Waals surface area contributed by atoms with Crippen molar-refractivity contribution < 1.29 is 55.7 Å². The van der Waals surface area contributed by atoms with E-state index in [2.05, 4.69) is 4.90 Å². The van der Waals surface area contributed by atoms with Crippen molar-refractivity contribution in [1.82, 2.24) is 4.90 Å². The number of nitrogens with zero attached hydrogens (tertiary/aromatic N) is 3. The molecule has 0 aliphatic carbocycles. The first-order valence-corrected chi connectivity index (χ1v) is 13.9. The van der Waals surface area contributed by atoms with Crippen LogP contribution in [0.4, 0.5) is 37.7 Å². The molecular formula is C30H31F6N3O6. The fourth-order valence-electron chi connectivity index (χ4n) is 4.91. The molecule has 0 radical (unpaired) electrons. The highest BCUT2D eigenvalue weighted by atomic mass is 19.4. The van der Waals surface area contributed by atoms with Gasteiger partial charge in [-0.2, -0.15) is 26.3 Å². The Morgan fingerprint density at radius 3 is 1.82 bits per heavy atom. The van der Waals surface area contributed by atoms with Gasteiger partial charge in [-0.05, 0) is 49.7 Å². The van der Waals surface area contributed by atoms with Gasteiger partial charge in [-0.15, -0.1) is 0 Å². The van der Waals surface area contributed by atoms with Crippen LogP contribution in [0, 0.1) is 0 Å². The van der Waals surface area contributed by atoms with Crippen molar-refractivity contribution in [2.45, 2.75) is 38.0 Å². The molecule has 9 nitrogen and oxygen atoms in total. The van der Waals surface area contributed by atoms with Crippen LogP contribution in [0.3, 0.4) is 0 Å². The third kappa shape index (κ3) is 10.3. The third-order valence-electron chi connectivity index (χ3n) is 7.15. The second-order valence-electron chi connectivity index (χ2n) is 10.3. The number of rotatable bonds is 8. The molecule has 0 aromatic heterocycles. The molecule has 2 N–H and O–H groups in total. The Labute approximate surface area is 254 Å². The van der Waals surface area contributed by atoms with E-state index >= 15 is 0 Å². The van der Waals surface area contributed by atoms with Crippen molar-refractivity contribution in [1.29, 1.82) is 0 Å². The molecule has 2 aromatic rings. The van der Waals surface area contributed by atoms with Crippen molar-refractivity contribution in [2.75, 3.05) is 49.1 Å². The number of aliphatic carboxylic acids is 2. The lowest BCUT2D eigenvalue weighted by Crippen LogP contribution is -2.46. The number of hydrogen-bond donors (Lipinski definition) is 2. The summed E-state index contributed by atoms with van der Waals surface area (Å²) in [5.41, 5.74) is -1.54. The Morgan fingerprint density at radius 1 is 0.756 bits per heavy atom. The van der Waals surface area contributed by atoms with Gasteiger partial charge in [0, 0.05) is 69.0 Å². The highest BCUT2D eigenvalue weighted by Gasteiger charge is 2.37. The lowest BCUT2D eigenvalue weighted by atomic mass is 10.1. The van der Waals surface area contributed by atoms with E-state index in [1.807, 2.05) is 0 Å². The number of carboxylic acid groups (broad SMARTS) is 2. The number of alkyl halides is 6. The SMILES string of the molecule is O=C(O)/C=C/C(=O)O.O=C1CCC(=O)N(CCCCN2CCN(c3cc(C(F)(F)F)cc(C(F)(F)F)c3)CC2)c2ccccc21. The van der Waals surface area contributed by atoms with Gasteiger partial charge in [0.05, 0.1) is 16.8 Å². The smallest absolute Gasteiger partial charge is 0.416 e. The minimum absolute atomic E-state index is 0.0487. The summed E-state index contributed by atoms with van der Waals surface area (Å²) in [5, 5.41) is 15.6. The number of piperazine rings is 1. The Hall–Kier alpha value is -4.40. The Morgan fingerprint density at radius 2 is 1.29 bits per heavy atom. The first kappa shape index (κ1) is 35.1. The van der Waals surface area contributed by atoms with E-state index in [-0.39, 0.29) is 36.3 Å². The van der Waals surface area contributed by atoms with Crippen molar-refractivity contribution >= 4 is 35.0 Å². The maximum Gasteiger partial charge on any atom is 0.416 e. The topological polar surface area (TPSA) is 118 Å². The summed E-state index contributed by atoms with van der Waals surface area (Å²) in [5.74, 6) is -2.65. The zero-order valence-electron chi connectivity index (χ0n) is 23.9. The van der Waals surface area contributed by atoms with Crippen molar-refractivity contribution in [2.24, 2.45) is 0 Å². The summed E-state index contributed by atoms with van der Waals surface area (Å²) < 4.78 is 79.1. The number of unbranched alkanes of at least 4 members (excludes halogenated alkanes) is 1. The molecule has 2 heterocycles. The summed E-state index contributed by atoms with van der Waals surface area (Å²) in [6, 6.07) is 8.74. The van der Waals surface area contributed by atoms with Crippen LogP contribution < -0.4 is 9.80 Å². The molecular weight excluding hydrogens is 612 g/mol. The minimum atomic E-state index is -4.87. The first-order chi connectivity index (χ1) is 21.1. The lowest BCUT2D eigenvalue weighted by Gasteiger charge is -2.36. The van der Waals surface area contributed by atoms with Gasteiger partial charge in [-0.3, -0.25) is 14.5 Å². The molecule has 4 rings (SSSR count). The van der Waals surface area contributed by atoms with E-state index in [0.717, 1.165) is 18.6 Å². The maximum absolute atomic E-state index is 13.2. The number of hydrogen-bond acceptors (Lipinski definition) is 6. The summed E-state index contributed by atoms with van der Waals surface area (Å²) in [7, 11) is 0. The standard InChI is InChI=1S/C26H27F6N3O2.C4H4O4/c27-25(28,29)18-15-19(26(30,31)32)17-20(16-18)34-13-11-33(12-14-34)9-3-4-10-35-22-6-2-1-5-21(22)23(36)7-8-24(35)37;5-3(6)1-2-4(7)8/h1-2,5-6,15-17H,3-4,7-14H2;1-2H,(H,5,6)(H,7,8)/b;2-1+. The molecule has 2 aromatic carbocycles. The van der Waals surface area contributed by atoms with Crippen molar-refractivity contribution in [3.8, 4) is 0 Å². The molecule has 1 fully saturated rings. The number of fused-ring (bicyclic) bond motifs is 1. The second-order valence-corrected chi connectivity index (χ2v) is 10.3. The van der Waals surface area contributed by atoms with Crippen LogP contribution in [-0.2, 0) is 26.7 Å². The molecule has 45 heavy (non-hydrogen) atoms. The quantitative estimate of drug-likeness (QED) is 0.225. The molecule has 244 valence electrons. The zero-order chi connectivity index (χ0) is 33.4. The molecule has 0 saturated carbocycles. The van der Waals surface area contributed by atoms with E-state index in [1.165, 1.54) is 0 Å². The normalized spacial score (nSPS) is 16.2. The van der Waals surface area contributed by atoms with Gasteiger partial charge in [0.2, 0.25) is 5.91 Å². The highest BCUT2D eigenvalue weighted by molar-refractivity contribution is 6.10. The Kier molecular flexibility index (Phi) is 11.7. The largest absolute Gasteiger partial charge is 0.478 e. The van der Waals surface area contributed by atoms with E-state index in [1.54, 1.807) is 34.1 Å². The summed E-state index contributed by atoms with van der Waals surface area (Å²) >= 11 is 0. The van der Waals surface area contributed by atoms with E-state index < -0.39 is 35.4 Å². The van der Waals surface area contributed by atoms with Gasteiger partial charge >= 0.3 is 24.3 Å². The first-order valence-electron chi connectivity index (χ1n) is 13.9. The maximum atomic E-state index is 13.2. The van der Waals surface area contributed by atoms with Gasteiger partial charge in [-0.1, -0.05) is 12.1 Å². The number of carbonyl (C=O) groups excluding carboxylic acids is 2. The van der Waals surface area contributed by atoms with Crippen LogP contribution in [0.15, 0.2) is 54.6 Å². The molecule has 0 spiro atoms.